The van der Waals surface area contributed by atoms with Gasteiger partial charge in [0, 0.05) is 36.6 Å². The molecule has 0 unspecified atom stereocenters. The number of pyridine rings is 1. The van der Waals surface area contributed by atoms with E-state index in [1.807, 2.05) is 55.5 Å². The highest BCUT2D eigenvalue weighted by molar-refractivity contribution is 5.76. The minimum absolute atomic E-state index is 0.0400. The lowest BCUT2D eigenvalue weighted by Gasteiger charge is -2.32. The summed E-state index contributed by atoms with van der Waals surface area (Å²) in [6.45, 7) is 6.11. The number of nitrogens with zero attached hydrogens (tertiary/aromatic N) is 5. The minimum Gasteiger partial charge on any atom is -0.322 e. The Morgan fingerprint density at radius 3 is 2.56 bits per heavy atom. The predicted octanol–water partition coefficient (Wildman–Crippen LogP) is 4.34. The topological polar surface area (TPSA) is 67.5 Å². The zero-order valence-electron chi connectivity index (χ0n) is 22.2. The van der Waals surface area contributed by atoms with Gasteiger partial charge in [0.15, 0.2) is 0 Å². The van der Waals surface area contributed by atoms with Gasteiger partial charge in [0.2, 0.25) is 0 Å². The molecule has 1 aliphatic rings. The fourth-order valence-electron chi connectivity index (χ4n) is 5.60. The molecule has 7 nitrogen and oxygen atoms in total. The third kappa shape index (κ3) is 5.48. The Bertz CT molecular complexity index is 1650. The smallest absolute Gasteiger partial charge is 0.261 e. The zero-order chi connectivity index (χ0) is 26.8. The van der Waals surface area contributed by atoms with Gasteiger partial charge >= 0.3 is 0 Å². The van der Waals surface area contributed by atoms with E-state index < -0.39 is 0 Å². The average molecular weight is 525 g/mol. The van der Waals surface area contributed by atoms with Crippen molar-refractivity contribution in [2.45, 2.75) is 45.3 Å². The van der Waals surface area contributed by atoms with Gasteiger partial charge in [-0.15, -0.1) is 0 Å². The van der Waals surface area contributed by atoms with Crippen molar-refractivity contribution in [2.24, 2.45) is 0 Å². The highest BCUT2D eigenvalue weighted by Crippen LogP contribution is 2.19. The molecule has 3 aromatic heterocycles. The van der Waals surface area contributed by atoms with Gasteiger partial charge in [-0.1, -0.05) is 30.3 Å². The summed E-state index contributed by atoms with van der Waals surface area (Å²) in [4.78, 5) is 25.0. The first-order chi connectivity index (χ1) is 19.0. The van der Waals surface area contributed by atoms with Gasteiger partial charge in [-0.3, -0.25) is 9.20 Å². The third-order valence-corrected chi connectivity index (χ3v) is 7.84. The second kappa shape index (κ2) is 11.1. The number of hydrogen-bond donors (Lipinski definition) is 1. The van der Waals surface area contributed by atoms with Crippen molar-refractivity contribution in [1.82, 2.24) is 29.2 Å². The first-order valence-electron chi connectivity index (χ1n) is 13.7. The largest absolute Gasteiger partial charge is 0.322 e. The summed E-state index contributed by atoms with van der Waals surface area (Å²) in [6, 6.07) is 20.9. The number of nitrogens with one attached hydrogen (secondary N) is 1. The van der Waals surface area contributed by atoms with E-state index in [4.69, 9.17) is 4.98 Å². The SMILES string of the molecule is Cc1nc2ccccn2c(=O)c1CCN1CCC(NCc2nc3ccccc3n2Cc2ccc(F)cc2)CC1. The molecular formula is C31H33FN6O. The summed E-state index contributed by atoms with van der Waals surface area (Å²) < 4.78 is 17.3. The monoisotopic (exact) mass is 524 g/mol. The van der Waals surface area contributed by atoms with E-state index in [0.29, 0.717) is 31.2 Å². The lowest BCUT2D eigenvalue weighted by atomic mass is 10.0. The van der Waals surface area contributed by atoms with E-state index in [2.05, 4.69) is 25.8 Å². The molecule has 1 aliphatic heterocycles. The lowest BCUT2D eigenvalue weighted by Crippen LogP contribution is -2.43. The van der Waals surface area contributed by atoms with Gasteiger partial charge < -0.3 is 14.8 Å². The fourth-order valence-corrected chi connectivity index (χ4v) is 5.60. The maximum absolute atomic E-state index is 13.4. The number of para-hydroxylation sites is 2. The van der Waals surface area contributed by atoms with Crippen molar-refractivity contribution in [1.29, 1.82) is 0 Å². The molecule has 1 fully saturated rings. The van der Waals surface area contributed by atoms with Crippen LogP contribution in [-0.4, -0.2) is 49.5 Å². The lowest BCUT2D eigenvalue weighted by molar-refractivity contribution is 0.198. The first-order valence-corrected chi connectivity index (χ1v) is 13.7. The van der Waals surface area contributed by atoms with Gasteiger partial charge in [0.25, 0.3) is 5.56 Å². The van der Waals surface area contributed by atoms with Crippen LogP contribution in [0.25, 0.3) is 16.7 Å². The summed E-state index contributed by atoms with van der Waals surface area (Å²) in [5.41, 5.74) is 5.47. The first kappa shape index (κ1) is 25.4. The van der Waals surface area contributed by atoms with E-state index in [1.165, 1.54) is 12.1 Å². The van der Waals surface area contributed by atoms with Crippen molar-refractivity contribution >= 4 is 16.7 Å². The summed E-state index contributed by atoms with van der Waals surface area (Å²) in [5.74, 6) is 0.765. The van der Waals surface area contributed by atoms with Crippen LogP contribution >= 0.6 is 0 Å². The number of halogens is 1. The molecular weight excluding hydrogens is 491 g/mol. The van der Waals surface area contributed by atoms with Crippen molar-refractivity contribution in [3.63, 3.8) is 0 Å². The maximum Gasteiger partial charge on any atom is 0.261 e. The van der Waals surface area contributed by atoms with E-state index in [0.717, 1.165) is 66.2 Å². The predicted molar refractivity (Wildman–Crippen MR) is 151 cm³/mol. The summed E-state index contributed by atoms with van der Waals surface area (Å²) in [7, 11) is 0. The van der Waals surface area contributed by atoms with Crippen LogP contribution in [0.4, 0.5) is 4.39 Å². The van der Waals surface area contributed by atoms with E-state index >= 15 is 0 Å². The summed E-state index contributed by atoms with van der Waals surface area (Å²) in [6.07, 6.45) is 4.60. The van der Waals surface area contributed by atoms with Crippen molar-refractivity contribution < 1.29 is 4.39 Å². The molecule has 1 saturated heterocycles. The zero-order valence-corrected chi connectivity index (χ0v) is 22.2. The van der Waals surface area contributed by atoms with Gasteiger partial charge in [-0.05, 0) is 81.2 Å². The molecule has 6 rings (SSSR count). The quantitative estimate of drug-likeness (QED) is 0.327. The van der Waals surface area contributed by atoms with Crippen LogP contribution in [-0.2, 0) is 19.5 Å². The van der Waals surface area contributed by atoms with Crippen LogP contribution in [0.2, 0.25) is 0 Å². The molecule has 8 heteroatoms. The second-order valence-corrected chi connectivity index (χ2v) is 10.4. The van der Waals surface area contributed by atoms with Gasteiger partial charge in [-0.25, -0.2) is 14.4 Å². The number of likely N-dealkylation sites (tertiary alicyclic amines) is 1. The van der Waals surface area contributed by atoms with E-state index in [1.54, 1.807) is 10.6 Å². The summed E-state index contributed by atoms with van der Waals surface area (Å²) in [5, 5.41) is 3.73. The number of aromatic nitrogens is 4. The number of aryl methyl sites for hydroxylation is 1. The molecule has 0 radical (unpaired) electrons. The number of piperidine rings is 1. The Morgan fingerprint density at radius 2 is 1.74 bits per heavy atom. The van der Waals surface area contributed by atoms with Gasteiger partial charge in [-0.2, -0.15) is 0 Å². The Morgan fingerprint density at radius 1 is 0.974 bits per heavy atom. The highest BCUT2D eigenvalue weighted by atomic mass is 19.1. The van der Waals surface area contributed by atoms with Gasteiger partial charge in [0.05, 0.1) is 17.6 Å². The molecule has 0 atom stereocenters. The minimum atomic E-state index is -0.223. The highest BCUT2D eigenvalue weighted by Gasteiger charge is 2.21. The maximum atomic E-state index is 13.4. The molecule has 4 heterocycles. The Kier molecular flexibility index (Phi) is 7.22. The number of fused-ring (bicyclic) bond motifs is 2. The third-order valence-electron chi connectivity index (χ3n) is 7.84. The Labute approximate surface area is 226 Å². The van der Waals surface area contributed by atoms with Crippen LogP contribution in [0.15, 0.2) is 77.7 Å². The number of rotatable bonds is 8. The molecule has 0 spiro atoms. The van der Waals surface area contributed by atoms with Crippen LogP contribution in [0.1, 0.15) is 35.5 Å². The molecule has 2 aromatic carbocycles. The Balaban J connectivity index is 1.06. The number of imidazole rings is 1. The molecule has 5 aromatic rings. The Hall–Kier alpha value is -3.88. The van der Waals surface area contributed by atoms with Crippen LogP contribution < -0.4 is 10.9 Å². The van der Waals surface area contributed by atoms with Crippen molar-refractivity contribution in [3.8, 4) is 0 Å². The number of benzene rings is 2. The standard InChI is InChI=1S/C31H33FN6O/c1-22-26(31(39)37-16-5-4-8-29(37)34-22)15-19-36-17-13-25(14-18-36)33-20-30-35-27-6-2-3-7-28(27)38(30)21-23-9-11-24(32)12-10-23/h2-12,16,25,33H,13-15,17-21H2,1H3. The fraction of sp³-hybridized carbons (Fsp3) is 0.323. The van der Waals surface area contributed by atoms with E-state index in [9.17, 15) is 9.18 Å². The molecule has 0 aliphatic carbocycles. The molecule has 0 saturated carbocycles. The van der Waals surface area contributed by atoms with Crippen molar-refractivity contribution in [3.05, 3.63) is 112 Å². The van der Waals surface area contributed by atoms with Crippen LogP contribution in [0, 0.1) is 12.7 Å². The van der Waals surface area contributed by atoms with Crippen LogP contribution in [0.3, 0.4) is 0 Å². The van der Waals surface area contributed by atoms with Crippen LogP contribution in [0.5, 0.6) is 0 Å². The van der Waals surface area contributed by atoms with Crippen molar-refractivity contribution in [2.75, 3.05) is 19.6 Å². The average Bonchev–Trinajstić information content (AvgIpc) is 3.30. The normalized spacial score (nSPS) is 14.9. The van der Waals surface area contributed by atoms with E-state index in [-0.39, 0.29) is 11.4 Å². The molecule has 0 amide bonds. The summed E-state index contributed by atoms with van der Waals surface area (Å²) >= 11 is 0. The molecule has 0 bridgehead atoms. The second-order valence-electron chi connectivity index (χ2n) is 10.4. The van der Waals surface area contributed by atoms with Gasteiger partial charge in [0.1, 0.15) is 17.3 Å². The molecule has 39 heavy (non-hydrogen) atoms. The molecule has 200 valence electrons. The molecule has 1 N–H and O–H groups in total. The number of hydrogen-bond acceptors (Lipinski definition) is 5.